The van der Waals surface area contributed by atoms with E-state index in [1.54, 1.807) is 6.26 Å². The summed E-state index contributed by atoms with van der Waals surface area (Å²) in [5.41, 5.74) is 0. The Balaban J connectivity index is 2.16. The molecule has 2 nitrogen and oxygen atoms in total. The minimum atomic E-state index is 0.390. The van der Waals surface area contributed by atoms with E-state index < -0.39 is 0 Å². The Bertz CT molecular complexity index is 229. The molecule has 1 heterocycles. The second-order valence-corrected chi connectivity index (χ2v) is 3.92. The summed E-state index contributed by atoms with van der Waals surface area (Å²) in [7, 11) is 0. The van der Waals surface area contributed by atoms with Crippen LogP contribution < -0.4 is 0 Å². The summed E-state index contributed by atoms with van der Waals surface area (Å²) in [6, 6.07) is 3.86. The molecule has 1 rings (SSSR count). The Morgan fingerprint density at radius 3 is 2.80 bits per heavy atom. The second-order valence-electron chi connectivity index (χ2n) is 3.92. The molecule has 0 radical (unpaired) electrons. The van der Waals surface area contributed by atoms with Gasteiger partial charge < -0.3 is 9.15 Å². The van der Waals surface area contributed by atoms with Crippen molar-refractivity contribution >= 4 is 0 Å². The zero-order chi connectivity index (χ0) is 10.9. The molecule has 1 atom stereocenters. The number of ether oxygens (including phenoxy) is 1. The van der Waals surface area contributed by atoms with E-state index in [2.05, 4.69) is 13.8 Å². The molecule has 15 heavy (non-hydrogen) atoms. The lowest BCUT2D eigenvalue weighted by Crippen LogP contribution is -2.11. The van der Waals surface area contributed by atoms with E-state index in [1.807, 2.05) is 12.1 Å². The van der Waals surface area contributed by atoms with Crippen LogP contribution in [-0.2, 0) is 11.3 Å². The summed E-state index contributed by atoms with van der Waals surface area (Å²) >= 11 is 0. The monoisotopic (exact) mass is 210 g/mol. The fourth-order valence-corrected chi connectivity index (χ4v) is 1.62. The predicted molar refractivity (Wildman–Crippen MR) is 61.7 cm³/mol. The van der Waals surface area contributed by atoms with Crippen LogP contribution in [-0.4, -0.2) is 6.10 Å². The van der Waals surface area contributed by atoms with Gasteiger partial charge in [0, 0.05) is 0 Å². The Morgan fingerprint density at radius 1 is 1.33 bits per heavy atom. The van der Waals surface area contributed by atoms with Crippen LogP contribution in [0.5, 0.6) is 0 Å². The number of rotatable bonds is 8. The van der Waals surface area contributed by atoms with Crippen LogP contribution in [0.2, 0.25) is 0 Å². The van der Waals surface area contributed by atoms with Crippen molar-refractivity contribution in [1.82, 2.24) is 0 Å². The van der Waals surface area contributed by atoms with Gasteiger partial charge in [0.15, 0.2) is 0 Å². The first-order valence-electron chi connectivity index (χ1n) is 6.00. The lowest BCUT2D eigenvalue weighted by atomic mass is 10.1. The zero-order valence-electron chi connectivity index (χ0n) is 9.87. The molecule has 1 aromatic heterocycles. The van der Waals surface area contributed by atoms with E-state index in [-0.39, 0.29) is 0 Å². The van der Waals surface area contributed by atoms with Crippen molar-refractivity contribution < 1.29 is 9.15 Å². The Kier molecular flexibility index (Phi) is 6.17. The maximum absolute atomic E-state index is 5.79. The van der Waals surface area contributed by atoms with Crippen LogP contribution in [0.4, 0.5) is 0 Å². The topological polar surface area (TPSA) is 22.4 Å². The van der Waals surface area contributed by atoms with E-state index in [9.17, 15) is 0 Å². The molecule has 2 heteroatoms. The van der Waals surface area contributed by atoms with Crippen molar-refractivity contribution in [2.75, 3.05) is 0 Å². The predicted octanol–water partition coefficient (Wildman–Crippen LogP) is 4.16. The molecule has 0 bridgehead atoms. The van der Waals surface area contributed by atoms with Gasteiger partial charge in [0.2, 0.25) is 0 Å². The number of hydrogen-bond acceptors (Lipinski definition) is 2. The zero-order valence-corrected chi connectivity index (χ0v) is 9.87. The third-order valence-corrected chi connectivity index (χ3v) is 2.63. The van der Waals surface area contributed by atoms with Gasteiger partial charge in [-0.15, -0.1) is 0 Å². The van der Waals surface area contributed by atoms with Gasteiger partial charge in [-0.3, -0.25) is 0 Å². The highest BCUT2D eigenvalue weighted by Gasteiger charge is 2.07. The first-order chi connectivity index (χ1) is 7.36. The fraction of sp³-hybridized carbons (Fsp3) is 0.692. The third-order valence-electron chi connectivity index (χ3n) is 2.63. The van der Waals surface area contributed by atoms with Gasteiger partial charge in [-0.2, -0.15) is 0 Å². The van der Waals surface area contributed by atoms with Crippen LogP contribution in [0.25, 0.3) is 0 Å². The van der Waals surface area contributed by atoms with Crippen LogP contribution >= 0.6 is 0 Å². The van der Waals surface area contributed by atoms with E-state index in [0.717, 1.165) is 12.2 Å². The van der Waals surface area contributed by atoms with Gasteiger partial charge in [0.25, 0.3) is 0 Å². The molecule has 0 saturated carbocycles. The van der Waals surface area contributed by atoms with Gasteiger partial charge in [-0.25, -0.2) is 0 Å². The highest BCUT2D eigenvalue weighted by Crippen LogP contribution is 2.12. The molecule has 1 unspecified atom stereocenters. The molecule has 86 valence electrons. The highest BCUT2D eigenvalue weighted by atomic mass is 16.5. The van der Waals surface area contributed by atoms with Gasteiger partial charge in [-0.1, -0.05) is 33.1 Å². The minimum Gasteiger partial charge on any atom is -0.467 e. The van der Waals surface area contributed by atoms with Gasteiger partial charge in [-0.05, 0) is 25.0 Å². The fourth-order valence-electron chi connectivity index (χ4n) is 1.62. The summed E-state index contributed by atoms with van der Waals surface area (Å²) in [6.45, 7) is 5.01. The first kappa shape index (κ1) is 12.3. The minimum absolute atomic E-state index is 0.390. The third kappa shape index (κ3) is 5.03. The van der Waals surface area contributed by atoms with Crippen molar-refractivity contribution in [3.8, 4) is 0 Å². The van der Waals surface area contributed by atoms with E-state index in [0.29, 0.717) is 12.7 Å². The molecular formula is C13H22O2. The second kappa shape index (κ2) is 7.52. The van der Waals surface area contributed by atoms with Crippen LogP contribution in [0.1, 0.15) is 51.7 Å². The number of unbranched alkanes of at least 4 members (excludes halogenated alkanes) is 2. The highest BCUT2D eigenvalue weighted by molar-refractivity contribution is 4.96. The molecule has 0 saturated heterocycles. The van der Waals surface area contributed by atoms with E-state index >= 15 is 0 Å². The molecule has 0 fully saturated rings. The molecule has 0 aromatic carbocycles. The molecule has 0 N–H and O–H groups in total. The van der Waals surface area contributed by atoms with Crippen LogP contribution in [0, 0.1) is 0 Å². The lowest BCUT2D eigenvalue weighted by molar-refractivity contribution is 0.0220. The largest absolute Gasteiger partial charge is 0.467 e. The molecule has 0 aliphatic carbocycles. The van der Waals surface area contributed by atoms with Crippen LogP contribution in [0.3, 0.4) is 0 Å². The van der Waals surface area contributed by atoms with Gasteiger partial charge >= 0.3 is 0 Å². The number of hydrogen-bond donors (Lipinski definition) is 0. The molecule has 0 aliphatic heterocycles. The summed E-state index contributed by atoms with van der Waals surface area (Å²) in [5.74, 6) is 0.920. The lowest BCUT2D eigenvalue weighted by Gasteiger charge is -2.14. The summed E-state index contributed by atoms with van der Waals surface area (Å²) in [6.07, 6.45) is 8.19. The standard InChI is InChI=1S/C13H22O2/c1-3-5-6-8-12(4-2)15-11-13-9-7-10-14-13/h7,9-10,12H,3-6,8,11H2,1-2H3. The summed E-state index contributed by atoms with van der Waals surface area (Å²) in [4.78, 5) is 0. The average Bonchev–Trinajstić information content (AvgIpc) is 2.76. The van der Waals surface area contributed by atoms with Crippen molar-refractivity contribution in [2.24, 2.45) is 0 Å². The summed E-state index contributed by atoms with van der Waals surface area (Å²) in [5, 5.41) is 0. The van der Waals surface area contributed by atoms with Crippen molar-refractivity contribution in [3.63, 3.8) is 0 Å². The molecular weight excluding hydrogens is 188 g/mol. The van der Waals surface area contributed by atoms with E-state index in [1.165, 1.54) is 25.7 Å². The molecule has 0 aliphatic rings. The van der Waals surface area contributed by atoms with Crippen molar-refractivity contribution in [2.45, 2.75) is 58.7 Å². The smallest absolute Gasteiger partial charge is 0.129 e. The maximum atomic E-state index is 5.79. The van der Waals surface area contributed by atoms with Crippen molar-refractivity contribution in [1.29, 1.82) is 0 Å². The number of furan rings is 1. The quantitative estimate of drug-likeness (QED) is 0.601. The van der Waals surface area contributed by atoms with Gasteiger partial charge in [0.1, 0.15) is 12.4 Å². The maximum Gasteiger partial charge on any atom is 0.129 e. The van der Waals surface area contributed by atoms with E-state index in [4.69, 9.17) is 9.15 Å². The Morgan fingerprint density at radius 2 is 2.20 bits per heavy atom. The Labute approximate surface area is 92.6 Å². The molecule has 0 amide bonds. The molecule has 1 aromatic rings. The van der Waals surface area contributed by atoms with Crippen molar-refractivity contribution in [3.05, 3.63) is 24.2 Å². The SMILES string of the molecule is CCCCCC(CC)OCc1ccco1. The van der Waals surface area contributed by atoms with Gasteiger partial charge in [0.05, 0.1) is 12.4 Å². The first-order valence-corrected chi connectivity index (χ1v) is 6.00. The normalized spacial score (nSPS) is 12.9. The average molecular weight is 210 g/mol. The Hall–Kier alpha value is -0.760. The molecule has 0 spiro atoms. The van der Waals surface area contributed by atoms with Crippen LogP contribution in [0.15, 0.2) is 22.8 Å². The summed E-state index contributed by atoms with van der Waals surface area (Å²) < 4.78 is 11.0.